The Labute approximate surface area is 251 Å². The number of sulfonamides is 1. The first kappa shape index (κ1) is 31.3. The van der Waals surface area contributed by atoms with Gasteiger partial charge in [-0.3, -0.25) is 13.9 Å². The van der Waals surface area contributed by atoms with Gasteiger partial charge in [0, 0.05) is 12.6 Å². The molecule has 1 atom stereocenters. The summed E-state index contributed by atoms with van der Waals surface area (Å²) in [4.78, 5) is 28.7. The van der Waals surface area contributed by atoms with Gasteiger partial charge in [-0.15, -0.1) is 0 Å². The molecule has 1 aliphatic rings. The minimum atomic E-state index is -4.23. The van der Waals surface area contributed by atoms with E-state index in [4.69, 9.17) is 16.3 Å². The molecule has 4 rings (SSSR count). The molecule has 224 valence electrons. The summed E-state index contributed by atoms with van der Waals surface area (Å²) in [6.45, 7) is 0.975. The molecule has 0 saturated heterocycles. The topological polar surface area (TPSA) is 96.0 Å². The van der Waals surface area contributed by atoms with Crippen LogP contribution in [0.3, 0.4) is 0 Å². The Morgan fingerprint density at radius 1 is 1.02 bits per heavy atom. The molecule has 11 heteroatoms. The van der Waals surface area contributed by atoms with E-state index in [1.165, 1.54) is 66.6 Å². The summed E-state index contributed by atoms with van der Waals surface area (Å²) in [5, 5.41) is 3.22. The van der Waals surface area contributed by atoms with Crippen LogP contribution in [0.1, 0.15) is 44.6 Å². The number of halogens is 2. The van der Waals surface area contributed by atoms with Gasteiger partial charge in [-0.1, -0.05) is 61.2 Å². The lowest BCUT2D eigenvalue weighted by molar-refractivity contribution is -0.139. The number of benzene rings is 3. The Hall–Kier alpha value is -3.63. The molecular weight excluding hydrogens is 581 g/mol. The fourth-order valence-corrected chi connectivity index (χ4v) is 6.68. The number of rotatable bonds is 11. The Kier molecular flexibility index (Phi) is 10.5. The van der Waals surface area contributed by atoms with Crippen LogP contribution < -0.4 is 14.4 Å². The monoisotopic (exact) mass is 615 g/mol. The molecule has 2 amide bonds. The Morgan fingerprint density at radius 3 is 2.31 bits per heavy atom. The zero-order chi connectivity index (χ0) is 30.3. The summed E-state index contributed by atoms with van der Waals surface area (Å²) in [6, 6.07) is 16.9. The third-order valence-corrected chi connectivity index (χ3v) is 9.50. The average Bonchev–Trinajstić information content (AvgIpc) is 3.00. The highest BCUT2D eigenvalue weighted by molar-refractivity contribution is 7.92. The number of carbonyl (C=O) groups excluding carboxylic acids is 2. The van der Waals surface area contributed by atoms with Gasteiger partial charge in [0.2, 0.25) is 11.8 Å². The molecule has 3 aromatic rings. The number of methoxy groups -OCH3 is 1. The van der Waals surface area contributed by atoms with Gasteiger partial charge in [0.1, 0.15) is 24.2 Å². The van der Waals surface area contributed by atoms with E-state index >= 15 is 0 Å². The van der Waals surface area contributed by atoms with E-state index in [2.05, 4.69) is 5.32 Å². The highest BCUT2D eigenvalue weighted by Gasteiger charge is 2.33. The summed E-state index contributed by atoms with van der Waals surface area (Å²) in [7, 11) is -2.79. The third-order valence-electron chi connectivity index (χ3n) is 7.42. The quantitative estimate of drug-likeness (QED) is 0.305. The number of carbonyl (C=O) groups is 2. The van der Waals surface area contributed by atoms with Crippen molar-refractivity contribution in [2.75, 3.05) is 18.0 Å². The van der Waals surface area contributed by atoms with E-state index in [1.807, 2.05) is 0 Å². The van der Waals surface area contributed by atoms with Gasteiger partial charge in [-0.05, 0) is 67.8 Å². The maximum absolute atomic E-state index is 14.0. The first-order valence-electron chi connectivity index (χ1n) is 13.9. The van der Waals surface area contributed by atoms with Crippen molar-refractivity contribution in [1.82, 2.24) is 10.2 Å². The molecule has 0 aromatic heterocycles. The summed E-state index contributed by atoms with van der Waals surface area (Å²) in [5.74, 6) is -1.04. The lowest BCUT2D eigenvalue weighted by Gasteiger charge is -2.33. The van der Waals surface area contributed by atoms with E-state index in [0.29, 0.717) is 11.3 Å². The van der Waals surface area contributed by atoms with E-state index in [1.54, 1.807) is 25.1 Å². The molecule has 8 nitrogen and oxygen atoms in total. The van der Waals surface area contributed by atoms with Gasteiger partial charge >= 0.3 is 0 Å². The van der Waals surface area contributed by atoms with Crippen LogP contribution >= 0.6 is 11.6 Å². The molecule has 1 fully saturated rings. The first-order chi connectivity index (χ1) is 20.1. The number of ether oxygens (including phenoxy) is 1. The van der Waals surface area contributed by atoms with Crippen molar-refractivity contribution >= 4 is 39.1 Å². The predicted octanol–water partition coefficient (Wildman–Crippen LogP) is 5.55. The zero-order valence-electron chi connectivity index (χ0n) is 23.6. The minimum Gasteiger partial charge on any atom is -0.495 e. The molecule has 0 spiro atoms. The first-order valence-corrected chi connectivity index (χ1v) is 15.7. The fourth-order valence-electron chi connectivity index (χ4n) is 5.00. The third kappa shape index (κ3) is 7.60. The van der Waals surface area contributed by atoms with Gasteiger partial charge in [0.25, 0.3) is 10.0 Å². The molecule has 42 heavy (non-hydrogen) atoms. The molecule has 3 aromatic carbocycles. The summed E-state index contributed by atoms with van der Waals surface area (Å²) in [6.07, 6.45) is 4.90. The van der Waals surface area contributed by atoms with E-state index in [-0.39, 0.29) is 34.1 Å². The van der Waals surface area contributed by atoms with Crippen LogP contribution in [0.15, 0.2) is 77.7 Å². The second-order valence-electron chi connectivity index (χ2n) is 10.3. The standard InChI is InChI=1S/C31H35ClFN3O5S/c1-22(31(38)34-25-9-5-3-6-10-25)35(20-23-13-15-24(33)16-14-23)30(37)21-36(26-17-18-29(41-2)28(32)19-26)42(39,40)27-11-7-4-8-12-27/h4,7-8,11-19,22,25H,3,5-6,9-10,20-21H2,1-2H3,(H,34,38). The molecule has 1 N–H and O–H groups in total. The number of hydrogen-bond acceptors (Lipinski definition) is 5. The molecule has 0 radical (unpaired) electrons. The Balaban J connectivity index is 1.69. The SMILES string of the molecule is COc1ccc(N(CC(=O)N(Cc2ccc(F)cc2)C(C)C(=O)NC2CCCCC2)S(=O)(=O)c2ccccc2)cc1Cl. The maximum atomic E-state index is 14.0. The fraction of sp³-hybridized carbons (Fsp3) is 0.355. The largest absolute Gasteiger partial charge is 0.495 e. The number of hydrogen-bond donors (Lipinski definition) is 1. The Morgan fingerprint density at radius 2 is 1.69 bits per heavy atom. The molecule has 1 unspecified atom stereocenters. The van der Waals surface area contributed by atoms with Gasteiger partial charge in [-0.2, -0.15) is 0 Å². The smallest absolute Gasteiger partial charge is 0.264 e. The second kappa shape index (κ2) is 14.0. The van der Waals surface area contributed by atoms with Crippen LogP contribution in [0.4, 0.5) is 10.1 Å². The number of amides is 2. The van der Waals surface area contributed by atoms with E-state index in [9.17, 15) is 22.4 Å². The molecule has 0 bridgehead atoms. The van der Waals surface area contributed by atoms with E-state index in [0.717, 1.165) is 36.4 Å². The lowest BCUT2D eigenvalue weighted by Crippen LogP contribution is -2.53. The highest BCUT2D eigenvalue weighted by Crippen LogP contribution is 2.32. The van der Waals surface area contributed by atoms with E-state index < -0.39 is 34.3 Å². The minimum absolute atomic E-state index is 0.0158. The van der Waals surface area contributed by atoms with Crippen molar-refractivity contribution < 1.29 is 27.1 Å². The van der Waals surface area contributed by atoms with Crippen LogP contribution in [0, 0.1) is 5.82 Å². The van der Waals surface area contributed by atoms with Crippen molar-refractivity contribution in [3.05, 3.63) is 89.2 Å². The molecule has 0 heterocycles. The van der Waals surface area contributed by atoms with Gasteiger partial charge in [0.05, 0.1) is 22.7 Å². The van der Waals surface area contributed by atoms with Crippen LogP contribution in [0.25, 0.3) is 0 Å². The van der Waals surface area contributed by atoms with Crippen molar-refractivity contribution in [2.24, 2.45) is 0 Å². The highest BCUT2D eigenvalue weighted by atomic mass is 35.5. The van der Waals surface area contributed by atoms with Crippen molar-refractivity contribution in [3.63, 3.8) is 0 Å². The van der Waals surface area contributed by atoms with Crippen LogP contribution in [0.2, 0.25) is 5.02 Å². The van der Waals surface area contributed by atoms with Crippen LogP contribution in [0.5, 0.6) is 5.75 Å². The van der Waals surface area contributed by atoms with Crippen molar-refractivity contribution in [3.8, 4) is 5.75 Å². The molecule has 1 aliphatic carbocycles. The predicted molar refractivity (Wildman–Crippen MR) is 160 cm³/mol. The molecule has 0 aliphatic heterocycles. The number of anilines is 1. The number of nitrogens with zero attached hydrogens (tertiary/aromatic N) is 2. The lowest BCUT2D eigenvalue weighted by atomic mass is 9.95. The number of nitrogens with one attached hydrogen (secondary N) is 1. The Bertz CT molecular complexity index is 1480. The zero-order valence-corrected chi connectivity index (χ0v) is 25.2. The maximum Gasteiger partial charge on any atom is 0.264 e. The molecular formula is C31H35ClFN3O5S. The average molecular weight is 616 g/mol. The van der Waals surface area contributed by atoms with Gasteiger partial charge in [0.15, 0.2) is 0 Å². The van der Waals surface area contributed by atoms with Crippen molar-refractivity contribution in [1.29, 1.82) is 0 Å². The van der Waals surface area contributed by atoms with Crippen molar-refractivity contribution in [2.45, 2.75) is 62.6 Å². The summed E-state index contributed by atoms with van der Waals surface area (Å²) < 4.78 is 47.6. The molecule has 1 saturated carbocycles. The van der Waals surface area contributed by atoms with Gasteiger partial charge in [-0.25, -0.2) is 12.8 Å². The van der Waals surface area contributed by atoms with Gasteiger partial charge < -0.3 is 15.0 Å². The normalized spacial score (nSPS) is 14.6. The van der Waals surface area contributed by atoms with Crippen LogP contribution in [-0.2, 0) is 26.2 Å². The van der Waals surface area contributed by atoms with Crippen LogP contribution in [-0.4, -0.2) is 50.9 Å². The summed E-state index contributed by atoms with van der Waals surface area (Å²) >= 11 is 6.35. The second-order valence-corrected chi connectivity index (χ2v) is 12.6. The summed E-state index contributed by atoms with van der Waals surface area (Å²) in [5.41, 5.74) is 0.742.